The Bertz CT molecular complexity index is 832. The number of hydrogen-bond donors (Lipinski definition) is 0. The lowest BCUT2D eigenvalue weighted by Gasteiger charge is -2.32. The highest BCUT2D eigenvalue weighted by molar-refractivity contribution is 7.86. The van der Waals surface area contributed by atoms with Gasteiger partial charge in [-0.05, 0) is 22.7 Å². The van der Waals surface area contributed by atoms with Crippen molar-refractivity contribution in [1.29, 1.82) is 0 Å². The molecule has 0 spiro atoms. The second-order valence-electron chi connectivity index (χ2n) is 5.76. The lowest BCUT2D eigenvalue weighted by molar-refractivity contribution is 0.620. The van der Waals surface area contributed by atoms with E-state index in [2.05, 4.69) is 28.6 Å². The molecule has 2 heterocycles. The molecule has 2 aromatic carbocycles. The lowest BCUT2D eigenvalue weighted by Crippen LogP contribution is -2.26. The standard InChI is InChI=1S/C18H16N2OS2/c1-12-15-16(22-20-19-15)18(14-10-6-3-7-11-14)23(21)17(12)13-8-4-2-5-9-13/h2-12,17-18H,1H3. The molecule has 4 rings (SSSR count). The van der Waals surface area contributed by atoms with Crippen LogP contribution in [0.5, 0.6) is 0 Å². The van der Waals surface area contributed by atoms with Gasteiger partial charge < -0.3 is 0 Å². The van der Waals surface area contributed by atoms with Gasteiger partial charge in [-0.2, -0.15) is 0 Å². The van der Waals surface area contributed by atoms with Gasteiger partial charge in [0.15, 0.2) is 0 Å². The molecule has 0 saturated carbocycles. The molecule has 5 heteroatoms. The van der Waals surface area contributed by atoms with Gasteiger partial charge >= 0.3 is 0 Å². The molecule has 0 bridgehead atoms. The molecular weight excluding hydrogens is 324 g/mol. The molecule has 1 aromatic heterocycles. The average Bonchev–Trinajstić information content (AvgIpc) is 3.07. The molecule has 1 aliphatic rings. The zero-order valence-electron chi connectivity index (χ0n) is 12.6. The largest absolute Gasteiger partial charge is 0.258 e. The van der Waals surface area contributed by atoms with Gasteiger partial charge in [0.05, 0.1) is 21.1 Å². The monoisotopic (exact) mass is 340 g/mol. The zero-order valence-corrected chi connectivity index (χ0v) is 14.3. The van der Waals surface area contributed by atoms with Gasteiger partial charge in [0, 0.05) is 16.7 Å². The summed E-state index contributed by atoms with van der Waals surface area (Å²) in [7, 11) is -1.06. The SMILES string of the molecule is CC1c2nnsc2C(c2ccccc2)S(=O)C1c1ccccc1. The van der Waals surface area contributed by atoms with Crippen molar-refractivity contribution in [1.82, 2.24) is 9.59 Å². The molecule has 0 aliphatic carbocycles. The molecular formula is C18H16N2OS2. The van der Waals surface area contributed by atoms with Gasteiger partial charge in [-0.25, -0.2) is 0 Å². The Morgan fingerprint density at radius 1 is 0.957 bits per heavy atom. The maximum Gasteiger partial charge on any atom is 0.0981 e. The van der Waals surface area contributed by atoms with Gasteiger partial charge in [0.25, 0.3) is 0 Å². The van der Waals surface area contributed by atoms with Crippen LogP contribution in [-0.4, -0.2) is 13.8 Å². The normalized spacial score (nSPS) is 26.7. The van der Waals surface area contributed by atoms with Crippen molar-refractivity contribution in [3.8, 4) is 0 Å². The van der Waals surface area contributed by atoms with E-state index in [1.807, 2.05) is 48.5 Å². The molecule has 1 aliphatic heterocycles. The average molecular weight is 340 g/mol. The van der Waals surface area contributed by atoms with E-state index in [4.69, 9.17) is 0 Å². The molecule has 0 fully saturated rings. The van der Waals surface area contributed by atoms with E-state index in [9.17, 15) is 4.21 Å². The Hall–Kier alpha value is -1.85. The van der Waals surface area contributed by atoms with Crippen molar-refractivity contribution in [2.75, 3.05) is 0 Å². The van der Waals surface area contributed by atoms with Gasteiger partial charge in [0.2, 0.25) is 0 Å². The summed E-state index contributed by atoms with van der Waals surface area (Å²) in [6.45, 7) is 2.11. The van der Waals surface area contributed by atoms with Crippen LogP contribution < -0.4 is 0 Å². The Morgan fingerprint density at radius 3 is 2.22 bits per heavy atom. The summed E-state index contributed by atoms with van der Waals surface area (Å²) >= 11 is 1.38. The maximum absolute atomic E-state index is 13.5. The topological polar surface area (TPSA) is 42.9 Å². The van der Waals surface area contributed by atoms with Crippen molar-refractivity contribution < 1.29 is 4.21 Å². The molecule has 0 N–H and O–H groups in total. The summed E-state index contributed by atoms with van der Waals surface area (Å²) in [5, 5.41) is 4.15. The minimum atomic E-state index is -1.06. The quantitative estimate of drug-likeness (QED) is 0.701. The van der Waals surface area contributed by atoms with Crippen molar-refractivity contribution in [3.05, 3.63) is 82.4 Å². The first-order valence-corrected chi connectivity index (χ1v) is 9.63. The van der Waals surface area contributed by atoms with E-state index in [0.717, 1.165) is 21.7 Å². The Morgan fingerprint density at radius 2 is 1.57 bits per heavy atom. The van der Waals surface area contributed by atoms with E-state index in [0.29, 0.717) is 0 Å². The zero-order chi connectivity index (χ0) is 15.8. The van der Waals surface area contributed by atoms with Crippen LogP contribution in [0, 0.1) is 0 Å². The van der Waals surface area contributed by atoms with E-state index in [1.165, 1.54) is 11.5 Å². The van der Waals surface area contributed by atoms with Crippen molar-refractivity contribution in [3.63, 3.8) is 0 Å². The van der Waals surface area contributed by atoms with E-state index >= 15 is 0 Å². The molecule has 23 heavy (non-hydrogen) atoms. The summed E-state index contributed by atoms with van der Waals surface area (Å²) in [6, 6.07) is 20.2. The van der Waals surface area contributed by atoms with E-state index in [-0.39, 0.29) is 16.4 Å². The van der Waals surface area contributed by atoms with Gasteiger partial charge in [-0.1, -0.05) is 72.1 Å². The molecule has 0 radical (unpaired) electrons. The summed E-state index contributed by atoms with van der Waals surface area (Å²) in [5.41, 5.74) is 3.18. The summed E-state index contributed by atoms with van der Waals surface area (Å²) < 4.78 is 17.6. The maximum atomic E-state index is 13.5. The first-order chi connectivity index (χ1) is 11.3. The van der Waals surface area contributed by atoms with Crippen LogP contribution in [0.25, 0.3) is 0 Å². The van der Waals surface area contributed by atoms with Crippen LogP contribution in [0.2, 0.25) is 0 Å². The van der Waals surface area contributed by atoms with E-state index < -0.39 is 10.8 Å². The van der Waals surface area contributed by atoms with Crippen LogP contribution in [-0.2, 0) is 10.8 Å². The lowest BCUT2D eigenvalue weighted by atomic mass is 9.94. The Balaban J connectivity index is 1.88. The minimum Gasteiger partial charge on any atom is -0.258 e. The number of hydrogen-bond acceptors (Lipinski definition) is 4. The highest BCUT2D eigenvalue weighted by Crippen LogP contribution is 2.50. The number of nitrogens with zero attached hydrogens (tertiary/aromatic N) is 2. The molecule has 116 valence electrons. The van der Waals surface area contributed by atoms with Crippen LogP contribution in [0.1, 0.15) is 45.0 Å². The number of fused-ring (bicyclic) bond motifs is 1. The number of aromatic nitrogens is 2. The molecule has 3 aromatic rings. The Labute approximate surface area is 142 Å². The van der Waals surface area contributed by atoms with Crippen molar-refractivity contribution >= 4 is 22.3 Å². The fourth-order valence-electron chi connectivity index (χ4n) is 3.28. The second kappa shape index (κ2) is 5.98. The van der Waals surface area contributed by atoms with Crippen LogP contribution in [0.4, 0.5) is 0 Å². The van der Waals surface area contributed by atoms with Gasteiger partial charge in [-0.15, -0.1) is 5.10 Å². The first-order valence-electron chi connectivity index (χ1n) is 7.59. The highest BCUT2D eigenvalue weighted by Gasteiger charge is 2.42. The predicted octanol–water partition coefficient (Wildman–Crippen LogP) is 4.23. The van der Waals surface area contributed by atoms with Gasteiger partial charge in [0.1, 0.15) is 0 Å². The molecule has 4 unspecified atom stereocenters. The van der Waals surface area contributed by atoms with Crippen LogP contribution in [0.3, 0.4) is 0 Å². The fourth-order valence-corrected chi connectivity index (χ4v) is 6.47. The summed E-state index contributed by atoms with van der Waals surface area (Å²) in [5.74, 6) is 0.104. The third kappa shape index (κ3) is 2.44. The smallest absolute Gasteiger partial charge is 0.0981 e. The number of rotatable bonds is 2. The molecule has 4 atom stereocenters. The summed E-state index contributed by atoms with van der Waals surface area (Å²) in [4.78, 5) is 1.05. The summed E-state index contributed by atoms with van der Waals surface area (Å²) in [6.07, 6.45) is 0. The molecule has 0 amide bonds. The third-order valence-electron chi connectivity index (χ3n) is 4.38. The Kier molecular flexibility index (Phi) is 3.83. The fraction of sp³-hybridized carbons (Fsp3) is 0.222. The molecule has 3 nitrogen and oxygen atoms in total. The van der Waals surface area contributed by atoms with Gasteiger partial charge in [-0.3, -0.25) is 4.21 Å². The van der Waals surface area contributed by atoms with Crippen molar-refractivity contribution in [2.45, 2.75) is 23.3 Å². The van der Waals surface area contributed by atoms with Crippen LogP contribution in [0.15, 0.2) is 60.7 Å². The van der Waals surface area contributed by atoms with Crippen molar-refractivity contribution in [2.24, 2.45) is 0 Å². The minimum absolute atomic E-state index is 0.0576. The van der Waals surface area contributed by atoms with Crippen LogP contribution >= 0.6 is 11.5 Å². The second-order valence-corrected chi connectivity index (χ2v) is 8.18. The molecule has 0 saturated heterocycles. The number of benzene rings is 2. The van der Waals surface area contributed by atoms with E-state index in [1.54, 1.807) is 0 Å². The highest BCUT2D eigenvalue weighted by atomic mass is 32.2. The first kappa shape index (κ1) is 14.7. The predicted molar refractivity (Wildman–Crippen MR) is 93.9 cm³/mol. The third-order valence-corrected chi connectivity index (χ3v) is 7.48.